The molecule has 1 atom stereocenters. The Hall–Kier alpha value is -2.08. The van der Waals surface area contributed by atoms with E-state index in [4.69, 9.17) is 14.6 Å². The first kappa shape index (κ1) is 20.0. The Labute approximate surface area is 143 Å². The van der Waals surface area contributed by atoms with Crippen molar-refractivity contribution in [3.8, 4) is 0 Å². The molecule has 0 aliphatic heterocycles. The average molecular weight is 337 g/mol. The number of carbonyl (C=O) groups excluding carboxylic acids is 2. The summed E-state index contributed by atoms with van der Waals surface area (Å²) >= 11 is 0. The highest BCUT2D eigenvalue weighted by Crippen LogP contribution is 2.10. The maximum Gasteiger partial charge on any atom is 0.408 e. The van der Waals surface area contributed by atoms with Gasteiger partial charge >= 0.3 is 12.1 Å². The molecule has 0 bridgehead atoms. The fraction of sp³-hybridized carbons (Fsp3) is 0.556. The van der Waals surface area contributed by atoms with E-state index in [0.29, 0.717) is 19.3 Å². The summed E-state index contributed by atoms with van der Waals surface area (Å²) in [6.07, 6.45) is 0.872. The lowest BCUT2D eigenvalue weighted by atomic mass is 10.1. The molecular formula is C18H27NO5. The third-order valence-corrected chi connectivity index (χ3v) is 3.10. The van der Waals surface area contributed by atoms with Crippen molar-refractivity contribution < 1.29 is 24.2 Å². The van der Waals surface area contributed by atoms with Crippen molar-refractivity contribution in [1.82, 2.24) is 5.32 Å². The topological polar surface area (TPSA) is 84.9 Å². The van der Waals surface area contributed by atoms with Gasteiger partial charge in [0, 0.05) is 6.61 Å². The average Bonchev–Trinajstić information content (AvgIpc) is 2.51. The van der Waals surface area contributed by atoms with Gasteiger partial charge in [0.25, 0.3) is 0 Å². The molecule has 134 valence electrons. The van der Waals surface area contributed by atoms with Crippen LogP contribution in [0.5, 0.6) is 0 Å². The van der Waals surface area contributed by atoms with Crippen LogP contribution in [0.2, 0.25) is 0 Å². The summed E-state index contributed by atoms with van der Waals surface area (Å²) in [5, 5.41) is 11.4. The molecule has 1 aromatic carbocycles. The molecule has 6 nitrogen and oxygen atoms in total. The quantitative estimate of drug-likeness (QED) is 0.563. The van der Waals surface area contributed by atoms with Gasteiger partial charge in [0.05, 0.1) is 0 Å². The van der Waals surface area contributed by atoms with Crippen molar-refractivity contribution >= 4 is 12.1 Å². The Morgan fingerprint density at radius 3 is 2.42 bits per heavy atom. The number of amides is 1. The van der Waals surface area contributed by atoms with Crippen molar-refractivity contribution in [3.63, 3.8) is 0 Å². The van der Waals surface area contributed by atoms with Crippen LogP contribution >= 0.6 is 0 Å². The number of esters is 1. The third kappa shape index (κ3) is 8.53. The number of ether oxygens (including phenoxy) is 2. The molecule has 0 unspecified atom stereocenters. The predicted molar refractivity (Wildman–Crippen MR) is 90.3 cm³/mol. The summed E-state index contributed by atoms with van der Waals surface area (Å²) in [4.78, 5) is 24.1. The summed E-state index contributed by atoms with van der Waals surface area (Å²) in [5.74, 6) is -0.511. The highest BCUT2D eigenvalue weighted by atomic mass is 16.6. The Morgan fingerprint density at radius 1 is 1.17 bits per heavy atom. The lowest BCUT2D eigenvalue weighted by molar-refractivity contribution is -0.147. The highest BCUT2D eigenvalue weighted by Gasteiger charge is 2.25. The minimum absolute atomic E-state index is 0.0399. The number of carbonyl (C=O) groups is 2. The van der Waals surface area contributed by atoms with E-state index in [-0.39, 0.29) is 13.2 Å². The van der Waals surface area contributed by atoms with Gasteiger partial charge in [0.1, 0.15) is 18.2 Å². The number of nitrogens with one attached hydrogen (secondary N) is 1. The molecule has 1 rings (SSSR count). The minimum Gasteiger partial charge on any atom is -0.459 e. The number of hydrogen-bond acceptors (Lipinski definition) is 5. The molecule has 0 saturated heterocycles. The van der Waals surface area contributed by atoms with E-state index in [9.17, 15) is 9.59 Å². The van der Waals surface area contributed by atoms with Crippen LogP contribution < -0.4 is 5.32 Å². The van der Waals surface area contributed by atoms with Gasteiger partial charge in [-0.15, -0.1) is 0 Å². The van der Waals surface area contributed by atoms with Gasteiger partial charge < -0.3 is 19.9 Å². The van der Waals surface area contributed by atoms with Crippen LogP contribution in [0.1, 0.15) is 45.6 Å². The van der Waals surface area contributed by atoms with E-state index in [1.165, 1.54) is 0 Å². The first-order valence-corrected chi connectivity index (χ1v) is 8.13. The molecule has 0 fully saturated rings. The normalized spacial score (nSPS) is 12.3. The van der Waals surface area contributed by atoms with E-state index >= 15 is 0 Å². The molecule has 6 heteroatoms. The van der Waals surface area contributed by atoms with Gasteiger partial charge in [-0.25, -0.2) is 9.59 Å². The number of unbranched alkanes of at least 4 members (excludes halogenated alkanes) is 1. The van der Waals surface area contributed by atoms with Gasteiger partial charge in [0.15, 0.2) is 0 Å². The maximum absolute atomic E-state index is 12.3. The Balaban J connectivity index is 2.58. The standard InChI is InChI=1S/C18H27NO5/c1-18(2,3)24-17(22)19-15(11-7-8-12-20)16(21)23-13-14-9-5-4-6-10-14/h4-6,9-10,15,20H,7-8,11-13H2,1-3H3,(H,19,22)/t15-/m0/s1. The molecule has 0 saturated carbocycles. The summed E-state index contributed by atoms with van der Waals surface area (Å²) in [7, 11) is 0. The summed E-state index contributed by atoms with van der Waals surface area (Å²) in [5.41, 5.74) is 0.227. The van der Waals surface area contributed by atoms with E-state index < -0.39 is 23.7 Å². The van der Waals surface area contributed by atoms with Gasteiger partial charge in [-0.05, 0) is 45.6 Å². The first-order valence-electron chi connectivity index (χ1n) is 8.13. The smallest absolute Gasteiger partial charge is 0.408 e. The highest BCUT2D eigenvalue weighted by molar-refractivity contribution is 5.81. The summed E-state index contributed by atoms with van der Waals surface area (Å²) in [6.45, 7) is 5.44. The Bertz CT molecular complexity index is 510. The van der Waals surface area contributed by atoms with Gasteiger partial charge in [0.2, 0.25) is 0 Å². The zero-order valence-corrected chi connectivity index (χ0v) is 14.6. The molecular weight excluding hydrogens is 310 g/mol. The van der Waals surface area contributed by atoms with Crippen LogP contribution in [-0.4, -0.2) is 35.4 Å². The number of hydrogen-bond donors (Lipinski definition) is 2. The lowest BCUT2D eigenvalue weighted by Gasteiger charge is -2.23. The third-order valence-electron chi connectivity index (χ3n) is 3.10. The van der Waals surface area contributed by atoms with Crippen molar-refractivity contribution in [2.24, 2.45) is 0 Å². The predicted octanol–water partition coefficient (Wildman–Crippen LogP) is 2.79. The van der Waals surface area contributed by atoms with Crippen molar-refractivity contribution in [2.45, 2.75) is 58.3 Å². The molecule has 24 heavy (non-hydrogen) atoms. The van der Waals surface area contributed by atoms with Gasteiger partial charge in [-0.2, -0.15) is 0 Å². The van der Waals surface area contributed by atoms with Crippen LogP contribution in [0.25, 0.3) is 0 Å². The molecule has 0 radical (unpaired) electrons. The second-order valence-electron chi connectivity index (χ2n) is 6.51. The minimum atomic E-state index is -0.796. The van der Waals surface area contributed by atoms with Crippen molar-refractivity contribution in [2.75, 3.05) is 6.61 Å². The van der Waals surface area contributed by atoms with Crippen molar-refractivity contribution in [3.05, 3.63) is 35.9 Å². The van der Waals surface area contributed by atoms with Crippen molar-refractivity contribution in [1.29, 1.82) is 0 Å². The van der Waals surface area contributed by atoms with E-state index in [1.807, 2.05) is 30.3 Å². The zero-order chi connectivity index (χ0) is 18.0. The molecule has 0 spiro atoms. The van der Waals surface area contributed by atoms with Gasteiger partial charge in [-0.3, -0.25) is 0 Å². The second-order valence-corrected chi connectivity index (χ2v) is 6.51. The monoisotopic (exact) mass is 337 g/mol. The number of aliphatic hydroxyl groups is 1. The number of aliphatic hydroxyl groups excluding tert-OH is 1. The van der Waals surface area contributed by atoms with Crippen LogP contribution in [0, 0.1) is 0 Å². The fourth-order valence-corrected chi connectivity index (χ4v) is 1.99. The fourth-order valence-electron chi connectivity index (χ4n) is 1.99. The molecule has 2 N–H and O–H groups in total. The Morgan fingerprint density at radius 2 is 1.83 bits per heavy atom. The summed E-state index contributed by atoms with van der Waals surface area (Å²) < 4.78 is 10.5. The van der Waals surface area contributed by atoms with E-state index in [0.717, 1.165) is 5.56 Å². The van der Waals surface area contributed by atoms with Crippen LogP contribution in [0.15, 0.2) is 30.3 Å². The molecule has 0 aliphatic carbocycles. The Kier molecular flexibility index (Phi) is 8.26. The molecule has 0 aliphatic rings. The number of rotatable bonds is 8. The molecule has 1 amide bonds. The van der Waals surface area contributed by atoms with Crippen LogP contribution in [-0.2, 0) is 20.9 Å². The van der Waals surface area contributed by atoms with Crippen LogP contribution in [0.4, 0.5) is 4.79 Å². The van der Waals surface area contributed by atoms with Crippen LogP contribution in [0.3, 0.4) is 0 Å². The SMILES string of the molecule is CC(C)(C)OC(=O)N[C@@H](CCCCO)C(=O)OCc1ccccc1. The first-order chi connectivity index (χ1) is 11.3. The summed E-state index contributed by atoms with van der Waals surface area (Å²) in [6, 6.07) is 8.52. The maximum atomic E-state index is 12.3. The largest absolute Gasteiger partial charge is 0.459 e. The molecule has 0 heterocycles. The second kappa shape index (κ2) is 9.93. The number of alkyl carbamates (subject to hydrolysis) is 1. The van der Waals surface area contributed by atoms with E-state index in [2.05, 4.69) is 5.32 Å². The lowest BCUT2D eigenvalue weighted by Crippen LogP contribution is -2.44. The van der Waals surface area contributed by atoms with E-state index in [1.54, 1.807) is 20.8 Å². The van der Waals surface area contributed by atoms with Gasteiger partial charge in [-0.1, -0.05) is 30.3 Å². The molecule has 0 aromatic heterocycles. The number of benzene rings is 1. The molecule has 1 aromatic rings. The zero-order valence-electron chi connectivity index (χ0n) is 14.6.